The average molecular weight is 339 g/mol. The fraction of sp³-hybridized carbons (Fsp3) is 0.316. The zero-order valence-electron chi connectivity index (χ0n) is 14.2. The van der Waals surface area contributed by atoms with Gasteiger partial charge >= 0.3 is 0 Å². The third-order valence-corrected chi connectivity index (χ3v) is 4.50. The molecule has 0 amide bonds. The second kappa shape index (κ2) is 7.34. The molecule has 0 saturated carbocycles. The number of oxime groups is 1. The maximum atomic E-state index is 12.4. The number of hydrogen-bond donors (Lipinski definition) is 2. The number of hydrogen-bond acceptors (Lipinski definition) is 6. The van der Waals surface area contributed by atoms with Crippen molar-refractivity contribution in [1.29, 1.82) is 0 Å². The Morgan fingerprint density at radius 1 is 1.04 bits per heavy atom. The lowest BCUT2D eigenvalue weighted by molar-refractivity contribution is -0.116. The van der Waals surface area contributed by atoms with E-state index in [1.807, 2.05) is 4.90 Å². The summed E-state index contributed by atoms with van der Waals surface area (Å²) in [6, 6.07) is 7.18. The molecule has 6 heteroatoms. The molecule has 6 nitrogen and oxygen atoms in total. The predicted molar refractivity (Wildman–Crippen MR) is 95.7 cm³/mol. The Morgan fingerprint density at radius 3 is 2.32 bits per heavy atom. The molecule has 130 valence electrons. The Morgan fingerprint density at radius 2 is 1.68 bits per heavy atom. The Kier molecular flexibility index (Phi) is 4.97. The lowest BCUT2D eigenvalue weighted by Crippen LogP contribution is -2.36. The van der Waals surface area contributed by atoms with Crippen LogP contribution < -0.4 is 5.32 Å². The van der Waals surface area contributed by atoms with Crippen molar-refractivity contribution in [2.24, 2.45) is 5.16 Å². The van der Waals surface area contributed by atoms with E-state index in [0.717, 1.165) is 37.9 Å². The largest absolute Gasteiger partial charge is 0.411 e. The van der Waals surface area contributed by atoms with Crippen molar-refractivity contribution in [3.63, 3.8) is 0 Å². The average Bonchev–Trinajstić information content (AvgIpc) is 2.65. The summed E-state index contributed by atoms with van der Waals surface area (Å²) in [5, 5.41) is 15.1. The zero-order valence-corrected chi connectivity index (χ0v) is 14.2. The smallest absolute Gasteiger partial charge is 0.204 e. The molecule has 25 heavy (non-hydrogen) atoms. The second-order valence-electron chi connectivity index (χ2n) is 6.22. The number of anilines is 1. The van der Waals surface area contributed by atoms with Crippen molar-refractivity contribution in [3.05, 3.63) is 53.4 Å². The van der Waals surface area contributed by atoms with Crippen molar-refractivity contribution < 1.29 is 14.8 Å². The van der Waals surface area contributed by atoms with Crippen LogP contribution in [0.3, 0.4) is 0 Å². The van der Waals surface area contributed by atoms with Crippen molar-refractivity contribution in [1.82, 2.24) is 4.90 Å². The fourth-order valence-electron chi connectivity index (χ4n) is 3.10. The van der Waals surface area contributed by atoms with Gasteiger partial charge in [-0.25, -0.2) is 0 Å². The first kappa shape index (κ1) is 17.0. The number of nitrogens with zero attached hydrogens (tertiary/aromatic N) is 2. The van der Waals surface area contributed by atoms with E-state index >= 15 is 0 Å². The summed E-state index contributed by atoms with van der Waals surface area (Å²) in [4.78, 5) is 26.8. The zero-order chi connectivity index (χ0) is 17.8. The number of benzene rings is 1. The molecule has 1 aliphatic heterocycles. The van der Waals surface area contributed by atoms with Gasteiger partial charge in [0.2, 0.25) is 11.6 Å². The highest BCUT2D eigenvalue weighted by Crippen LogP contribution is 2.24. The van der Waals surface area contributed by atoms with Gasteiger partial charge < -0.3 is 15.4 Å². The van der Waals surface area contributed by atoms with Crippen LogP contribution in [0, 0.1) is 0 Å². The summed E-state index contributed by atoms with van der Waals surface area (Å²) in [6.07, 6.45) is 5.86. The van der Waals surface area contributed by atoms with Gasteiger partial charge in [0.25, 0.3) is 0 Å². The van der Waals surface area contributed by atoms with Gasteiger partial charge in [-0.1, -0.05) is 17.3 Å². The molecule has 0 spiro atoms. The molecule has 1 heterocycles. The third-order valence-electron chi connectivity index (χ3n) is 4.50. The number of likely N-dealkylation sites (tertiary alicyclic amines) is 1. The highest BCUT2D eigenvalue weighted by atomic mass is 16.4. The van der Waals surface area contributed by atoms with Gasteiger partial charge in [0.1, 0.15) is 11.4 Å². The van der Waals surface area contributed by atoms with Crippen LogP contribution in [0.15, 0.2) is 53.0 Å². The van der Waals surface area contributed by atoms with E-state index in [9.17, 15) is 9.59 Å². The van der Waals surface area contributed by atoms with Gasteiger partial charge in [0.15, 0.2) is 0 Å². The predicted octanol–water partition coefficient (Wildman–Crippen LogP) is 2.70. The van der Waals surface area contributed by atoms with Crippen LogP contribution in [-0.4, -0.2) is 40.5 Å². The summed E-state index contributed by atoms with van der Waals surface area (Å²) in [7, 11) is 0. The minimum Gasteiger partial charge on any atom is -0.411 e. The molecule has 2 aliphatic rings. The monoisotopic (exact) mass is 339 g/mol. The standard InChI is InChI=1S/C19H21N3O3/c1-13(21-25)14-5-7-15(8-6-14)20-18-16(23)9-10-17(24)19(18)22-11-3-2-4-12-22/h5-10,20,25H,2-4,11-12H2,1H3. The topological polar surface area (TPSA) is 82.0 Å². The van der Waals surface area contributed by atoms with Gasteiger partial charge in [0.05, 0.1) is 5.71 Å². The van der Waals surface area contributed by atoms with Crippen molar-refractivity contribution in [2.45, 2.75) is 26.2 Å². The van der Waals surface area contributed by atoms with Crippen LogP contribution in [0.1, 0.15) is 31.7 Å². The second-order valence-corrected chi connectivity index (χ2v) is 6.22. The van der Waals surface area contributed by atoms with Gasteiger partial charge in [-0.15, -0.1) is 0 Å². The van der Waals surface area contributed by atoms with Crippen LogP contribution in [0.5, 0.6) is 0 Å². The van der Waals surface area contributed by atoms with Crippen LogP contribution in [0.2, 0.25) is 0 Å². The first-order valence-corrected chi connectivity index (χ1v) is 8.42. The quantitative estimate of drug-likeness (QED) is 0.381. The summed E-state index contributed by atoms with van der Waals surface area (Å²) in [5.41, 5.74) is 2.78. The molecule has 0 aromatic heterocycles. The maximum Gasteiger partial charge on any atom is 0.204 e. The summed E-state index contributed by atoms with van der Waals surface area (Å²) < 4.78 is 0. The summed E-state index contributed by atoms with van der Waals surface area (Å²) in [6.45, 7) is 3.28. The highest BCUT2D eigenvalue weighted by molar-refractivity contribution is 6.21. The van der Waals surface area contributed by atoms with E-state index < -0.39 is 0 Å². The first-order chi connectivity index (χ1) is 12.1. The maximum absolute atomic E-state index is 12.4. The minimum atomic E-state index is -0.197. The van der Waals surface area contributed by atoms with Crippen molar-refractivity contribution in [2.75, 3.05) is 18.4 Å². The molecule has 1 saturated heterocycles. The number of carbonyl (C=O) groups is 2. The third kappa shape index (κ3) is 3.63. The van der Waals surface area contributed by atoms with Gasteiger partial charge in [-0.2, -0.15) is 0 Å². The van der Waals surface area contributed by atoms with E-state index in [0.29, 0.717) is 22.8 Å². The molecule has 1 aromatic carbocycles. The van der Waals surface area contributed by atoms with E-state index in [-0.39, 0.29) is 11.6 Å². The normalized spacial score (nSPS) is 18.8. The number of allylic oxidation sites excluding steroid dienone is 2. The Hall–Kier alpha value is -2.89. The Bertz CT molecular complexity index is 770. The molecule has 0 unspecified atom stereocenters. The highest BCUT2D eigenvalue weighted by Gasteiger charge is 2.28. The molecule has 1 aromatic rings. The fourth-order valence-corrected chi connectivity index (χ4v) is 3.10. The van der Waals surface area contributed by atoms with Gasteiger partial charge in [0, 0.05) is 18.8 Å². The number of piperidine rings is 1. The van der Waals surface area contributed by atoms with Crippen LogP contribution in [-0.2, 0) is 9.59 Å². The van der Waals surface area contributed by atoms with Crippen LogP contribution >= 0.6 is 0 Å². The molecule has 1 fully saturated rings. The van der Waals surface area contributed by atoms with Gasteiger partial charge in [-0.3, -0.25) is 9.59 Å². The van der Waals surface area contributed by atoms with Crippen molar-refractivity contribution >= 4 is 23.0 Å². The van der Waals surface area contributed by atoms with E-state index in [2.05, 4.69) is 10.5 Å². The molecule has 1 aliphatic carbocycles. The van der Waals surface area contributed by atoms with E-state index in [1.165, 1.54) is 12.2 Å². The van der Waals surface area contributed by atoms with Crippen LogP contribution in [0.4, 0.5) is 5.69 Å². The molecule has 0 atom stereocenters. The molecule has 0 bridgehead atoms. The molecule has 0 radical (unpaired) electrons. The lowest BCUT2D eigenvalue weighted by atomic mass is 10.0. The number of ketones is 2. The number of carbonyl (C=O) groups excluding carboxylic acids is 2. The Labute approximate surface area is 146 Å². The minimum absolute atomic E-state index is 0.135. The molecule has 3 rings (SSSR count). The van der Waals surface area contributed by atoms with Crippen LogP contribution in [0.25, 0.3) is 0 Å². The first-order valence-electron chi connectivity index (χ1n) is 8.42. The number of nitrogens with one attached hydrogen (secondary N) is 1. The molecule has 2 N–H and O–H groups in total. The lowest BCUT2D eigenvalue weighted by Gasteiger charge is -2.32. The van der Waals surface area contributed by atoms with E-state index in [1.54, 1.807) is 31.2 Å². The Balaban J connectivity index is 1.90. The number of rotatable bonds is 4. The summed E-state index contributed by atoms with van der Waals surface area (Å²) in [5.74, 6) is -0.332. The summed E-state index contributed by atoms with van der Waals surface area (Å²) >= 11 is 0. The molecular weight excluding hydrogens is 318 g/mol. The molecular formula is C19H21N3O3. The van der Waals surface area contributed by atoms with Crippen molar-refractivity contribution in [3.8, 4) is 0 Å². The van der Waals surface area contributed by atoms with Gasteiger partial charge in [-0.05, 0) is 56.0 Å². The SMILES string of the molecule is CC(=NO)c1ccc(NC2=C(N3CCCCC3)C(=O)C=CC2=O)cc1. The van der Waals surface area contributed by atoms with E-state index in [4.69, 9.17) is 5.21 Å².